The number of hydrogen-bond acceptors (Lipinski definition) is 7. The Morgan fingerprint density at radius 3 is 2.51 bits per heavy atom. The van der Waals surface area contributed by atoms with E-state index in [1.165, 1.54) is 7.11 Å². The molecule has 3 aromatic carbocycles. The highest BCUT2D eigenvalue weighted by Crippen LogP contribution is 2.40. The van der Waals surface area contributed by atoms with Gasteiger partial charge in [-0.3, -0.25) is 4.79 Å². The SMILES string of the molecule is COc1ccc2c(c1)C(=O)[C@@H](OC(=O)NCCOc1ccccc1)[C@H](c1ccc(OC)c(Br)c1)O2. The van der Waals surface area contributed by atoms with E-state index >= 15 is 0 Å². The van der Waals surface area contributed by atoms with Crippen molar-refractivity contribution in [2.75, 3.05) is 27.4 Å². The summed E-state index contributed by atoms with van der Waals surface area (Å²) in [6.45, 7) is 0.432. The molecule has 0 bridgehead atoms. The second-order valence-corrected chi connectivity index (χ2v) is 8.43. The van der Waals surface area contributed by atoms with Gasteiger partial charge in [0.2, 0.25) is 11.9 Å². The van der Waals surface area contributed by atoms with Crippen molar-refractivity contribution in [2.45, 2.75) is 12.2 Å². The van der Waals surface area contributed by atoms with Gasteiger partial charge in [0.25, 0.3) is 0 Å². The second kappa shape index (κ2) is 11.1. The van der Waals surface area contributed by atoms with Crippen molar-refractivity contribution in [3.05, 3.63) is 82.3 Å². The summed E-state index contributed by atoms with van der Waals surface area (Å²) in [6.07, 6.45) is -2.84. The number of ketones is 1. The molecular formula is C26H24BrNO7. The minimum atomic E-state index is -1.22. The van der Waals surface area contributed by atoms with Gasteiger partial charge < -0.3 is 29.0 Å². The number of rotatable bonds is 8. The Balaban J connectivity index is 1.51. The zero-order chi connectivity index (χ0) is 24.8. The molecule has 0 spiro atoms. The van der Waals surface area contributed by atoms with E-state index in [4.69, 9.17) is 23.7 Å². The monoisotopic (exact) mass is 541 g/mol. The molecule has 0 aliphatic carbocycles. The lowest BCUT2D eigenvalue weighted by Crippen LogP contribution is -2.42. The van der Waals surface area contributed by atoms with Gasteiger partial charge in [-0.1, -0.05) is 24.3 Å². The quantitative estimate of drug-likeness (QED) is 0.403. The lowest BCUT2D eigenvalue weighted by molar-refractivity contribution is 0.00885. The van der Waals surface area contributed by atoms with Crippen LogP contribution in [0.4, 0.5) is 4.79 Å². The van der Waals surface area contributed by atoms with Crippen LogP contribution >= 0.6 is 15.9 Å². The maximum Gasteiger partial charge on any atom is 0.408 e. The zero-order valence-electron chi connectivity index (χ0n) is 19.2. The van der Waals surface area contributed by atoms with Gasteiger partial charge in [0.1, 0.15) is 29.6 Å². The largest absolute Gasteiger partial charge is 0.497 e. The van der Waals surface area contributed by atoms with Crippen molar-refractivity contribution < 1.29 is 33.3 Å². The van der Waals surface area contributed by atoms with Crippen LogP contribution in [-0.2, 0) is 4.74 Å². The molecular weight excluding hydrogens is 518 g/mol. The standard InChI is InChI=1S/C26H24BrNO7/c1-31-18-9-11-21-19(15-18)23(29)25(24(34-21)16-8-10-22(32-2)20(27)14-16)35-26(30)28-12-13-33-17-6-4-3-5-7-17/h3-11,14-15,24-25H,12-13H2,1-2H3,(H,28,30)/t24-,25+/m0/s1. The summed E-state index contributed by atoms with van der Waals surface area (Å²) in [7, 11) is 3.06. The summed E-state index contributed by atoms with van der Waals surface area (Å²) < 4.78 is 28.5. The van der Waals surface area contributed by atoms with Gasteiger partial charge in [-0.05, 0) is 64.0 Å². The lowest BCUT2D eigenvalue weighted by Gasteiger charge is -2.32. The molecule has 0 fully saturated rings. The molecule has 9 heteroatoms. The van der Waals surface area contributed by atoms with Crippen molar-refractivity contribution in [1.82, 2.24) is 5.32 Å². The molecule has 8 nitrogen and oxygen atoms in total. The highest BCUT2D eigenvalue weighted by atomic mass is 79.9. The van der Waals surface area contributed by atoms with Crippen molar-refractivity contribution in [1.29, 1.82) is 0 Å². The molecule has 1 heterocycles. The lowest BCUT2D eigenvalue weighted by atomic mass is 9.93. The van der Waals surface area contributed by atoms with Crippen molar-refractivity contribution in [2.24, 2.45) is 0 Å². The van der Waals surface area contributed by atoms with Gasteiger partial charge in [0, 0.05) is 0 Å². The number of carbonyl (C=O) groups is 2. The van der Waals surface area contributed by atoms with Crippen molar-refractivity contribution >= 4 is 27.8 Å². The van der Waals surface area contributed by atoms with E-state index in [9.17, 15) is 9.59 Å². The van der Waals surface area contributed by atoms with Crippen LogP contribution in [0, 0.1) is 0 Å². The van der Waals surface area contributed by atoms with Crippen LogP contribution in [0.5, 0.6) is 23.0 Å². The molecule has 0 radical (unpaired) electrons. The molecule has 0 saturated carbocycles. The van der Waals surface area contributed by atoms with Gasteiger partial charge in [-0.2, -0.15) is 0 Å². The van der Waals surface area contributed by atoms with Crippen LogP contribution < -0.4 is 24.3 Å². The minimum Gasteiger partial charge on any atom is -0.497 e. The van der Waals surface area contributed by atoms with E-state index < -0.39 is 24.1 Å². The third kappa shape index (κ3) is 5.68. The Morgan fingerprint density at radius 2 is 1.80 bits per heavy atom. The second-order valence-electron chi connectivity index (χ2n) is 7.57. The van der Waals surface area contributed by atoms with Gasteiger partial charge >= 0.3 is 6.09 Å². The van der Waals surface area contributed by atoms with E-state index in [-0.39, 0.29) is 18.7 Å². The van der Waals surface area contributed by atoms with Crippen LogP contribution in [0.25, 0.3) is 0 Å². The van der Waals surface area contributed by atoms with Crippen LogP contribution in [0.1, 0.15) is 22.0 Å². The average Bonchev–Trinajstić information content (AvgIpc) is 2.88. The van der Waals surface area contributed by atoms with E-state index in [0.29, 0.717) is 33.0 Å². The number of alkyl carbamates (subject to hydrolysis) is 1. The van der Waals surface area contributed by atoms with E-state index in [0.717, 1.165) is 0 Å². The summed E-state index contributed by atoms with van der Waals surface area (Å²) in [5.41, 5.74) is 0.913. The molecule has 1 amide bonds. The third-order valence-electron chi connectivity index (χ3n) is 5.36. The first-order valence-electron chi connectivity index (χ1n) is 10.8. The van der Waals surface area contributed by atoms with E-state index in [1.54, 1.807) is 43.5 Å². The van der Waals surface area contributed by atoms with Crippen LogP contribution in [0.2, 0.25) is 0 Å². The highest BCUT2D eigenvalue weighted by molar-refractivity contribution is 9.10. The predicted molar refractivity (Wildman–Crippen MR) is 132 cm³/mol. The van der Waals surface area contributed by atoms with E-state index in [1.807, 2.05) is 30.3 Å². The van der Waals surface area contributed by atoms with Gasteiger partial charge in [0.15, 0.2) is 6.10 Å². The topological polar surface area (TPSA) is 92.3 Å². The molecule has 35 heavy (non-hydrogen) atoms. The maximum atomic E-state index is 13.4. The van der Waals surface area contributed by atoms with Gasteiger partial charge in [-0.15, -0.1) is 0 Å². The highest BCUT2D eigenvalue weighted by Gasteiger charge is 2.41. The fourth-order valence-electron chi connectivity index (χ4n) is 3.63. The molecule has 1 N–H and O–H groups in total. The Kier molecular flexibility index (Phi) is 7.77. The molecule has 4 rings (SSSR count). The van der Waals surface area contributed by atoms with Crippen molar-refractivity contribution in [3.8, 4) is 23.0 Å². The fraction of sp³-hybridized carbons (Fsp3) is 0.231. The summed E-state index contributed by atoms with van der Waals surface area (Å²) in [6, 6.07) is 19.4. The molecule has 0 saturated heterocycles. The maximum absolute atomic E-state index is 13.4. The smallest absolute Gasteiger partial charge is 0.408 e. The van der Waals surface area contributed by atoms with Crippen LogP contribution in [-0.4, -0.2) is 45.4 Å². The summed E-state index contributed by atoms with van der Waals surface area (Å²) in [5.74, 6) is 1.79. The van der Waals surface area contributed by atoms with E-state index in [2.05, 4.69) is 21.2 Å². The number of nitrogens with one attached hydrogen (secondary N) is 1. The normalized spacial score (nSPS) is 16.5. The number of halogens is 1. The Morgan fingerprint density at radius 1 is 1.00 bits per heavy atom. The molecule has 1 aliphatic heterocycles. The molecule has 182 valence electrons. The first-order chi connectivity index (χ1) is 17.0. The molecule has 3 aromatic rings. The van der Waals surface area contributed by atoms with Crippen LogP contribution in [0.3, 0.4) is 0 Å². The van der Waals surface area contributed by atoms with Gasteiger partial charge in [0.05, 0.1) is 30.8 Å². The number of amides is 1. The number of fused-ring (bicyclic) bond motifs is 1. The number of ether oxygens (including phenoxy) is 5. The Hall–Kier alpha value is -3.72. The molecule has 0 aromatic heterocycles. The third-order valence-corrected chi connectivity index (χ3v) is 5.98. The van der Waals surface area contributed by atoms with Gasteiger partial charge in [-0.25, -0.2) is 4.79 Å². The molecule has 0 unspecified atom stereocenters. The Labute approximate surface area is 211 Å². The zero-order valence-corrected chi connectivity index (χ0v) is 20.7. The first-order valence-corrected chi connectivity index (χ1v) is 11.6. The summed E-state index contributed by atoms with van der Waals surface area (Å²) in [5, 5.41) is 2.62. The number of methoxy groups -OCH3 is 2. The van der Waals surface area contributed by atoms with Crippen molar-refractivity contribution in [3.63, 3.8) is 0 Å². The fourth-order valence-corrected chi connectivity index (χ4v) is 4.19. The summed E-state index contributed by atoms with van der Waals surface area (Å²) >= 11 is 3.46. The summed E-state index contributed by atoms with van der Waals surface area (Å²) in [4.78, 5) is 26.0. The minimum absolute atomic E-state index is 0.193. The Bertz CT molecular complexity index is 1200. The van der Waals surface area contributed by atoms with Crippen LogP contribution in [0.15, 0.2) is 71.2 Å². The predicted octanol–water partition coefficient (Wildman–Crippen LogP) is 4.96. The average molecular weight is 542 g/mol. The number of carbonyl (C=O) groups excluding carboxylic acids is 2. The number of Topliss-reactive ketones (excluding diaryl/α,β-unsaturated/α-hetero) is 1. The number of benzene rings is 3. The first kappa shape index (κ1) is 24.4. The molecule has 1 aliphatic rings. The number of hydrogen-bond donors (Lipinski definition) is 1. The molecule has 2 atom stereocenters. The number of para-hydroxylation sites is 1.